The highest BCUT2D eigenvalue weighted by molar-refractivity contribution is 9.10. The molecule has 1 nitrogen and oxygen atoms in total. The Morgan fingerprint density at radius 3 is 2.80 bits per heavy atom. The maximum atomic E-state index is 14.0. The molecule has 1 unspecified atom stereocenters. The number of halogens is 2. The summed E-state index contributed by atoms with van der Waals surface area (Å²) in [5.41, 5.74) is 0.740. The van der Waals surface area contributed by atoms with Gasteiger partial charge in [0.2, 0.25) is 0 Å². The van der Waals surface area contributed by atoms with Gasteiger partial charge in [-0.25, -0.2) is 4.39 Å². The molecule has 0 spiro atoms. The van der Waals surface area contributed by atoms with E-state index >= 15 is 0 Å². The lowest BCUT2D eigenvalue weighted by atomic mass is 10.0. The van der Waals surface area contributed by atoms with Crippen LogP contribution in [0, 0.1) is 5.82 Å². The van der Waals surface area contributed by atoms with E-state index in [-0.39, 0.29) is 11.9 Å². The van der Waals surface area contributed by atoms with Crippen LogP contribution < -0.4 is 5.32 Å². The van der Waals surface area contributed by atoms with Crippen LogP contribution in [0.1, 0.15) is 16.5 Å². The topological polar surface area (TPSA) is 12.0 Å². The molecule has 1 N–H and O–H groups in total. The number of rotatable bonds is 4. The van der Waals surface area contributed by atoms with Crippen molar-refractivity contribution in [3.05, 3.63) is 56.4 Å². The van der Waals surface area contributed by atoms with Crippen LogP contribution in [0.2, 0.25) is 0 Å². The first kappa shape index (κ1) is 14.2. The van der Waals surface area contributed by atoms with Crippen LogP contribution in [0.15, 0.2) is 40.2 Å². The van der Waals surface area contributed by atoms with Gasteiger partial charge in [-0.3, -0.25) is 0 Å². The van der Waals surface area contributed by atoms with Crippen molar-refractivity contribution < 1.29 is 4.39 Å². The minimum absolute atomic E-state index is 0.148. The van der Waals surface area contributed by atoms with Gasteiger partial charge in [-0.2, -0.15) is 0 Å². The summed E-state index contributed by atoms with van der Waals surface area (Å²) < 4.78 is 17.3. The van der Waals surface area contributed by atoms with Crippen LogP contribution in [0.3, 0.4) is 0 Å². The minimum Gasteiger partial charge on any atom is -0.312 e. The standard InChI is InChI=1S/C15H13BrFNS2/c1-18-12(6-9-2-3-10(16)7-11(9)17)14-8-15-13(20-14)4-5-19-15/h2-5,7-8,12,18H,6H2,1H3. The number of hydrogen-bond donors (Lipinski definition) is 1. The Hall–Kier alpha value is -0.750. The third-order valence-electron chi connectivity index (χ3n) is 3.29. The van der Waals surface area contributed by atoms with Crippen molar-refractivity contribution in [2.24, 2.45) is 0 Å². The summed E-state index contributed by atoms with van der Waals surface area (Å²) in [7, 11) is 1.93. The van der Waals surface area contributed by atoms with Crippen LogP contribution in [0.5, 0.6) is 0 Å². The second kappa shape index (κ2) is 5.93. The molecule has 0 saturated heterocycles. The average molecular weight is 370 g/mol. The number of likely N-dealkylation sites (N-methyl/N-ethyl adjacent to an activating group) is 1. The number of nitrogens with one attached hydrogen (secondary N) is 1. The maximum Gasteiger partial charge on any atom is 0.127 e. The van der Waals surface area contributed by atoms with E-state index in [1.807, 2.05) is 19.2 Å². The third-order valence-corrected chi connectivity index (χ3v) is 5.99. The Balaban J connectivity index is 1.88. The lowest BCUT2D eigenvalue weighted by Crippen LogP contribution is -2.18. The van der Waals surface area contributed by atoms with E-state index in [9.17, 15) is 4.39 Å². The van der Waals surface area contributed by atoms with Crippen LogP contribution in [-0.2, 0) is 6.42 Å². The molecule has 3 rings (SSSR count). The summed E-state index contributed by atoms with van der Waals surface area (Å²) in [4.78, 5) is 1.26. The normalized spacial score (nSPS) is 12.9. The zero-order valence-corrected chi connectivity index (χ0v) is 14.0. The first-order chi connectivity index (χ1) is 9.67. The number of thiophene rings is 2. The Labute approximate surface area is 133 Å². The Kier molecular flexibility index (Phi) is 4.21. The first-order valence-electron chi connectivity index (χ1n) is 6.25. The first-order valence-corrected chi connectivity index (χ1v) is 8.74. The molecule has 0 radical (unpaired) electrons. The average Bonchev–Trinajstić information content (AvgIpc) is 2.98. The van der Waals surface area contributed by atoms with Crippen molar-refractivity contribution in [3.8, 4) is 0 Å². The van der Waals surface area contributed by atoms with Gasteiger partial charge < -0.3 is 5.32 Å². The molecular formula is C15H13BrFNS2. The van der Waals surface area contributed by atoms with E-state index < -0.39 is 0 Å². The fraction of sp³-hybridized carbons (Fsp3) is 0.200. The van der Waals surface area contributed by atoms with Crippen LogP contribution >= 0.6 is 38.6 Å². The van der Waals surface area contributed by atoms with E-state index in [1.165, 1.54) is 20.3 Å². The summed E-state index contributed by atoms with van der Waals surface area (Å²) in [6.45, 7) is 0. The molecule has 1 atom stereocenters. The molecule has 0 amide bonds. The van der Waals surface area contributed by atoms with Gasteiger partial charge in [-0.15, -0.1) is 22.7 Å². The van der Waals surface area contributed by atoms with Gasteiger partial charge in [0.15, 0.2) is 0 Å². The smallest absolute Gasteiger partial charge is 0.127 e. The predicted molar refractivity (Wildman–Crippen MR) is 89.3 cm³/mol. The van der Waals surface area contributed by atoms with Crippen molar-refractivity contribution >= 4 is 48.0 Å². The monoisotopic (exact) mass is 369 g/mol. The van der Waals surface area contributed by atoms with Gasteiger partial charge in [-0.05, 0) is 48.7 Å². The van der Waals surface area contributed by atoms with Gasteiger partial charge >= 0.3 is 0 Å². The van der Waals surface area contributed by atoms with Gasteiger partial charge in [-0.1, -0.05) is 22.0 Å². The summed E-state index contributed by atoms with van der Waals surface area (Å²) in [5, 5.41) is 5.40. The fourth-order valence-electron chi connectivity index (χ4n) is 2.21. The molecule has 0 aliphatic heterocycles. The highest BCUT2D eigenvalue weighted by Crippen LogP contribution is 2.34. The molecular weight excluding hydrogens is 357 g/mol. The van der Waals surface area contributed by atoms with E-state index in [4.69, 9.17) is 0 Å². The van der Waals surface area contributed by atoms with Crippen molar-refractivity contribution in [1.29, 1.82) is 0 Å². The number of hydrogen-bond acceptors (Lipinski definition) is 3. The summed E-state index contributed by atoms with van der Waals surface area (Å²) in [6.07, 6.45) is 0.656. The molecule has 2 aromatic heterocycles. The van der Waals surface area contributed by atoms with Crippen LogP contribution in [-0.4, -0.2) is 7.05 Å². The summed E-state index contributed by atoms with van der Waals surface area (Å²) in [5.74, 6) is -0.155. The van der Waals surface area contributed by atoms with E-state index in [1.54, 1.807) is 22.7 Å². The van der Waals surface area contributed by atoms with Crippen LogP contribution in [0.4, 0.5) is 4.39 Å². The van der Waals surface area contributed by atoms with Crippen molar-refractivity contribution in [3.63, 3.8) is 0 Å². The van der Waals surface area contributed by atoms with Gasteiger partial charge in [0.25, 0.3) is 0 Å². The molecule has 104 valence electrons. The highest BCUT2D eigenvalue weighted by atomic mass is 79.9. The Bertz CT molecular complexity index is 706. The lowest BCUT2D eigenvalue weighted by molar-refractivity contribution is 0.559. The number of benzene rings is 1. The summed E-state index contributed by atoms with van der Waals surface area (Å²) >= 11 is 6.82. The summed E-state index contributed by atoms with van der Waals surface area (Å²) in [6, 6.07) is 9.76. The van der Waals surface area contributed by atoms with Crippen LogP contribution in [0.25, 0.3) is 9.40 Å². The van der Waals surface area contributed by atoms with Crippen molar-refractivity contribution in [2.45, 2.75) is 12.5 Å². The van der Waals surface area contributed by atoms with Crippen molar-refractivity contribution in [1.82, 2.24) is 5.32 Å². The van der Waals surface area contributed by atoms with Gasteiger partial charge in [0.05, 0.1) is 0 Å². The van der Waals surface area contributed by atoms with Crippen molar-refractivity contribution in [2.75, 3.05) is 7.05 Å². The maximum absolute atomic E-state index is 14.0. The van der Waals surface area contributed by atoms with Gasteiger partial charge in [0.1, 0.15) is 5.82 Å². The minimum atomic E-state index is -0.155. The molecule has 1 aromatic carbocycles. The van der Waals surface area contributed by atoms with Gasteiger partial charge in [0, 0.05) is 24.8 Å². The molecule has 3 aromatic rings. The SMILES string of the molecule is CNC(Cc1ccc(Br)cc1F)c1cc2sccc2s1. The molecule has 20 heavy (non-hydrogen) atoms. The van der Waals surface area contributed by atoms with E-state index in [2.05, 4.69) is 38.8 Å². The lowest BCUT2D eigenvalue weighted by Gasteiger charge is -2.15. The molecule has 2 heterocycles. The largest absolute Gasteiger partial charge is 0.312 e. The zero-order valence-electron chi connectivity index (χ0n) is 10.8. The predicted octanol–water partition coefficient (Wildman–Crippen LogP) is 5.37. The Morgan fingerprint density at radius 1 is 1.25 bits per heavy atom. The quantitative estimate of drug-likeness (QED) is 0.651. The number of fused-ring (bicyclic) bond motifs is 1. The Morgan fingerprint density at radius 2 is 2.10 bits per heavy atom. The molecule has 0 aliphatic rings. The molecule has 5 heteroatoms. The van der Waals surface area contributed by atoms with E-state index in [0.717, 1.165) is 10.0 Å². The molecule has 0 fully saturated rings. The second-order valence-corrected chi connectivity index (χ2v) is 7.56. The molecule has 0 bridgehead atoms. The highest BCUT2D eigenvalue weighted by Gasteiger charge is 2.16. The molecule has 0 saturated carbocycles. The zero-order chi connectivity index (χ0) is 14.1. The van der Waals surface area contributed by atoms with E-state index in [0.29, 0.717) is 6.42 Å². The molecule has 0 aliphatic carbocycles. The third kappa shape index (κ3) is 2.81. The second-order valence-electron chi connectivity index (χ2n) is 4.58. The fourth-order valence-corrected chi connectivity index (χ4v) is 4.77.